The van der Waals surface area contributed by atoms with Crippen molar-refractivity contribution >= 4 is 0 Å². The maximum atomic E-state index is 2.34. The van der Waals surface area contributed by atoms with Crippen molar-refractivity contribution in [3.8, 4) is 0 Å². The highest BCUT2D eigenvalue weighted by Crippen LogP contribution is 2.24. The second kappa shape index (κ2) is 9.55. The van der Waals surface area contributed by atoms with E-state index in [0.29, 0.717) is 17.3 Å². The molecule has 0 amide bonds. The molecule has 0 aromatic carbocycles. The second-order valence-corrected chi connectivity index (χ2v) is 7.51. The molecule has 126 valence electrons. The van der Waals surface area contributed by atoms with Gasteiger partial charge in [0.05, 0.1) is 0 Å². The van der Waals surface area contributed by atoms with Crippen molar-refractivity contribution in [3.05, 3.63) is 71.9 Å². The average Bonchev–Trinajstić information content (AvgIpc) is 2.59. The quantitative estimate of drug-likeness (QED) is 0.455. The molecule has 0 N–H and O–H groups in total. The first kappa shape index (κ1) is 19.5. The summed E-state index contributed by atoms with van der Waals surface area (Å²) >= 11 is 0. The summed E-state index contributed by atoms with van der Waals surface area (Å²) in [7, 11) is 0. The van der Waals surface area contributed by atoms with Crippen LogP contribution < -0.4 is 0 Å². The van der Waals surface area contributed by atoms with E-state index in [1.54, 1.807) is 0 Å². The van der Waals surface area contributed by atoms with Gasteiger partial charge in [-0.2, -0.15) is 0 Å². The first-order chi connectivity index (χ1) is 10.8. The van der Waals surface area contributed by atoms with Crippen LogP contribution in [0.1, 0.15) is 54.4 Å². The van der Waals surface area contributed by atoms with Crippen LogP contribution in [0.3, 0.4) is 0 Å². The lowest BCUT2D eigenvalue weighted by Gasteiger charge is -2.18. The highest BCUT2D eigenvalue weighted by molar-refractivity contribution is 5.27. The molecule has 0 aromatic rings. The summed E-state index contributed by atoms with van der Waals surface area (Å²) in [5.41, 5.74) is 3.03. The fraction of sp³-hybridized carbons (Fsp3) is 0.478. The summed E-state index contributed by atoms with van der Waals surface area (Å²) in [6.45, 7) is 13.5. The second-order valence-electron chi connectivity index (χ2n) is 7.51. The summed E-state index contributed by atoms with van der Waals surface area (Å²) in [5, 5.41) is 0. The Bertz CT molecular complexity index is 532. The maximum absolute atomic E-state index is 2.34. The molecular weight excluding hydrogens is 276 g/mol. The van der Waals surface area contributed by atoms with Crippen LogP contribution >= 0.6 is 0 Å². The van der Waals surface area contributed by atoms with Gasteiger partial charge in [0.15, 0.2) is 0 Å². The van der Waals surface area contributed by atoms with Crippen molar-refractivity contribution in [2.45, 2.75) is 54.4 Å². The summed E-state index contributed by atoms with van der Waals surface area (Å²) in [4.78, 5) is 0. The molecule has 1 aliphatic carbocycles. The van der Waals surface area contributed by atoms with Crippen molar-refractivity contribution in [3.63, 3.8) is 0 Å². The summed E-state index contributed by atoms with van der Waals surface area (Å²) < 4.78 is 0. The van der Waals surface area contributed by atoms with Gasteiger partial charge in [-0.25, -0.2) is 0 Å². The molecule has 0 saturated heterocycles. The summed E-state index contributed by atoms with van der Waals surface area (Å²) in [6, 6.07) is 0. The summed E-state index contributed by atoms with van der Waals surface area (Å²) in [6.07, 6.45) is 24.6. The fourth-order valence-electron chi connectivity index (χ4n) is 2.54. The number of hydrogen-bond acceptors (Lipinski definition) is 0. The molecule has 0 aromatic heterocycles. The fourth-order valence-corrected chi connectivity index (χ4v) is 2.54. The Morgan fingerprint density at radius 2 is 1.91 bits per heavy atom. The van der Waals surface area contributed by atoms with Gasteiger partial charge < -0.3 is 0 Å². The minimum absolute atomic E-state index is 0.294. The van der Waals surface area contributed by atoms with Gasteiger partial charge in [-0.05, 0) is 43.9 Å². The van der Waals surface area contributed by atoms with E-state index in [4.69, 9.17) is 0 Å². The zero-order chi connectivity index (χ0) is 17.3. The Labute approximate surface area is 144 Å². The highest BCUT2D eigenvalue weighted by Gasteiger charge is 2.12. The zero-order valence-electron chi connectivity index (χ0n) is 15.8. The van der Waals surface area contributed by atoms with Crippen LogP contribution in [0.15, 0.2) is 71.9 Å². The minimum Gasteiger partial charge on any atom is -0.0789 e. The lowest BCUT2D eigenvalue weighted by atomic mass is 9.87. The van der Waals surface area contributed by atoms with E-state index >= 15 is 0 Å². The highest BCUT2D eigenvalue weighted by atomic mass is 14.2. The third-order valence-corrected chi connectivity index (χ3v) is 4.64. The van der Waals surface area contributed by atoms with Crippen molar-refractivity contribution in [2.75, 3.05) is 0 Å². The van der Waals surface area contributed by atoms with Gasteiger partial charge in [0, 0.05) is 0 Å². The average molecular weight is 311 g/mol. The molecule has 0 saturated carbocycles. The predicted molar refractivity (Wildman–Crippen MR) is 105 cm³/mol. The van der Waals surface area contributed by atoms with E-state index in [1.807, 2.05) is 0 Å². The molecule has 23 heavy (non-hydrogen) atoms. The largest absolute Gasteiger partial charge is 0.0789 e. The Morgan fingerprint density at radius 3 is 2.61 bits per heavy atom. The molecule has 0 radical (unpaired) electrons. The van der Waals surface area contributed by atoms with Crippen molar-refractivity contribution in [1.82, 2.24) is 0 Å². The van der Waals surface area contributed by atoms with Crippen LogP contribution in [0.2, 0.25) is 0 Å². The molecular formula is C23H34. The van der Waals surface area contributed by atoms with Crippen molar-refractivity contribution in [2.24, 2.45) is 17.3 Å². The van der Waals surface area contributed by atoms with E-state index in [9.17, 15) is 0 Å². The molecule has 0 heterocycles. The molecule has 0 spiro atoms. The van der Waals surface area contributed by atoms with Crippen LogP contribution in [0.25, 0.3) is 0 Å². The molecule has 0 heteroatoms. The van der Waals surface area contributed by atoms with Crippen LogP contribution in [0.5, 0.6) is 0 Å². The molecule has 0 aliphatic heterocycles. The minimum atomic E-state index is 0.294. The Balaban J connectivity index is 2.69. The van der Waals surface area contributed by atoms with E-state index in [0.717, 1.165) is 6.42 Å². The molecule has 2 atom stereocenters. The molecule has 2 unspecified atom stereocenters. The predicted octanol–water partition coefficient (Wildman–Crippen LogP) is 7.20. The first-order valence-electron chi connectivity index (χ1n) is 8.89. The van der Waals surface area contributed by atoms with Crippen LogP contribution in [0.4, 0.5) is 0 Å². The normalized spacial score (nSPS) is 27.5. The van der Waals surface area contributed by atoms with Gasteiger partial charge in [0.25, 0.3) is 0 Å². The van der Waals surface area contributed by atoms with Crippen molar-refractivity contribution < 1.29 is 0 Å². The molecule has 0 fully saturated rings. The Kier molecular flexibility index (Phi) is 8.09. The Morgan fingerprint density at radius 1 is 1.22 bits per heavy atom. The van der Waals surface area contributed by atoms with Gasteiger partial charge in [-0.15, -0.1) is 0 Å². The van der Waals surface area contributed by atoms with E-state index in [1.165, 1.54) is 17.6 Å². The Hall–Kier alpha value is -1.56. The van der Waals surface area contributed by atoms with Crippen molar-refractivity contribution in [1.29, 1.82) is 0 Å². The first-order valence-corrected chi connectivity index (χ1v) is 8.89. The van der Waals surface area contributed by atoms with Gasteiger partial charge in [-0.3, -0.25) is 0 Å². The number of allylic oxidation sites excluding steroid dienone is 12. The summed E-state index contributed by atoms with van der Waals surface area (Å²) in [5.74, 6) is 1.09. The SMILES string of the molecule is CCC(C)(C)C=C/C=C(\C)CC(C)C1\C=C/C=C(C)\C=C\C=C/1. The monoisotopic (exact) mass is 310 g/mol. The van der Waals surface area contributed by atoms with E-state index in [2.05, 4.69) is 102 Å². The van der Waals surface area contributed by atoms with Gasteiger partial charge in [0.2, 0.25) is 0 Å². The topological polar surface area (TPSA) is 0 Å². The van der Waals surface area contributed by atoms with Crippen LogP contribution in [-0.4, -0.2) is 0 Å². The lowest BCUT2D eigenvalue weighted by molar-refractivity contribution is 0.462. The number of rotatable bonds is 6. The zero-order valence-corrected chi connectivity index (χ0v) is 15.8. The third kappa shape index (κ3) is 8.02. The van der Waals surface area contributed by atoms with E-state index < -0.39 is 0 Å². The van der Waals surface area contributed by atoms with Gasteiger partial charge in [0.1, 0.15) is 0 Å². The van der Waals surface area contributed by atoms with Crippen LogP contribution in [0, 0.1) is 17.3 Å². The lowest BCUT2D eigenvalue weighted by Crippen LogP contribution is -2.07. The van der Waals surface area contributed by atoms with Crippen LogP contribution in [-0.2, 0) is 0 Å². The molecule has 0 nitrogen and oxygen atoms in total. The van der Waals surface area contributed by atoms with Gasteiger partial charge in [-0.1, -0.05) is 99.6 Å². The molecule has 1 rings (SSSR count). The standard InChI is InChI=1S/C23H34/c1-7-23(5,6)17-11-14-20(3)18-21(4)22-15-9-8-12-19(2)13-10-16-22/h8-17,21-22H,7,18H2,1-6H3/b12-8+,15-9-,16-10-,17-11?,19-13-,20-14+. The van der Waals surface area contributed by atoms with Gasteiger partial charge >= 0.3 is 0 Å². The smallest absolute Gasteiger partial charge is 0.00185 e. The third-order valence-electron chi connectivity index (χ3n) is 4.64. The molecule has 1 aliphatic rings. The molecule has 0 bridgehead atoms. The van der Waals surface area contributed by atoms with E-state index in [-0.39, 0.29) is 0 Å². The maximum Gasteiger partial charge on any atom is -0.00185 e. The number of hydrogen-bond donors (Lipinski definition) is 0.